The third-order valence-electron chi connectivity index (χ3n) is 7.17. The van der Waals surface area contributed by atoms with E-state index in [2.05, 4.69) is 15.0 Å². The van der Waals surface area contributed by atoms with Gasteiger partial charge in [0.1, 0.15) is 11.4 Å². The molecule has 1 aromatic carbocycles. The van der Waals surface area contributed by atoms with Crippen molar-refractivity contribution >= 4 is 63.6 Å². The van der Waals surface area contributed by atoms with Gasteiger partial charge in [0.25, 0.3) is 0 Å². The number of halogens is 1. The average Bonchev–Trinajstić information content (AvgIpc) is 3.65. The van der Waals surface area contributed by atoms with Crippen LogP contribution in [-0.2, 0) is 14.3 Å². The van der Waals surface area contributed by atoms with Crippen LogP contribution in [0.15, 0.2) is 50.1 Å². The molecule has 0 radical (unpaired) electrons. The van der Waals surface area contributed by atoms with E-state index in [-0.39, 0.29) is 31.2 Å². The minimum Gasteiger partial charge on any atom is -0.461 e. The van der Waals surface area contributed by atoms with Crippen molar-refractivity contribution in [3.63, 3.8) is 0 Å². The van der Waals surface area contributed by atoms with Crippen LogP contribution in [0.3, 0.4) is 0 Å². The number of Topliss-reactive ketones (excluding diaryl/α,β-unsaturated/α-hetero) is 1. The van der Waals surface area contributed by atoms with E-state index in [1.54, 1.807) is 33.9 Å². The largest absolute Gasteiger partial charge is 0.461 e. The Morgan fingerprint density at radius 2 is 2.00 bits per heavy atom. The maximum atomic E-state index is 13.7. The van der Waals surface area contributed by atoms with Crippen molar-refractivity contribution in [2.75, 3.05) is 19.7 Å². The van der Waals surface area contributed by atoms with Crippen LogP contribution in [0, 0.1) is 12.8 Å². The molecule has 1 saturated heterocycles. The molecule has 3 aromatic heterocycles. The molecule has 2 N–H and O–H groups in total. The maximum absolute atomic E-state index is 13.7. The molecule has 2 aliphatic heterocycles. The molecule has 224 valence electrons. The van der Waals surface area contributed by atoms with Gasteiger partial charge in [-0.2, -0.15) is 0 Å². The summed E-state index contributed by atoms with van der Waals surface area (Å²) in [6, 6.07) is 7.31. The Labute approximate surface area is 256 Å². The van der Waals surface area contributed by atoms with E-state index >= 15 is 0 Å². The molecule has 1 amide bonds. The van der Waals surface area contributed by atoms with E-state index in [0.29, 0.717) is 38.0 Å². The first-order chi connectivity index (χ1) is 20.4. The number of nitrogens with zero attached hydrogens (tertiary/aromatic N) is 3. The fourth-order valence-corrected chi connectivity index (χ4v) is 6.51. The topological polar surface area (TPSA) is 143 Å². The van der Waals surface area contributed by atoms with Gasteiger partial charge in [-0.3, -0.25) is 14.7 Å². The number of aromatic amines is 2. The summed E-state index contributed by atoms with van der Waals surface area (Å²) in [7, 11) is 0. The van der Waals surface area contributed by atoms with Crippen LogP contribution in [0.25, 0.3) is 11.0 Å². The molecule has 6 rings (SSSR count). The molecule has 0 saturated carbocycles. The van der Waals surface area contributed by atoms with Crippen molar-refractivity contribution in [3.8, 4) is 0 Å². The highest BCUT2D eigenvalue weighted by molar-refractivity contribution is 7.99. The number of nitrogens with one attached hydrogen (secondary N) is 2. The number of hydrogen-bond acceptors (Lipinski definition) is 9. The number of carbonyl (C=O) groups excluding carboxylic acids is 3. The lowest BCUT2D eigenvalue weighted by molar-refractivity contribution is -0.123. The van der Waals surface area contributed by atoms with Gasteiger partial charge in [0, 0.05) is 22.5 Å². The fourth-order valence-electron chi connectivity index (χ4n) is 5.47. The number of hydrogen-bond donors (Lipinski definition) is 2. The summed E-state index contributed by atoms with van der Waals surface area (Å²) in [5, 5.41) is 1.80. The highest BCUT2D eigenvalue weighted by Crippen LogP contribution is 2.47. The molecule has 2 aliphatic rings. The van der Waals surface area contributed by atoms with Crippen molar-refractivity contribution in [2.45, 2.75) is 56.4 Å². The monoisotopic (exact) mass is 623 g/mol. The Morgan fingerprint density at radius 1 is 1.21 bits per heavy atom. The second-order valence-corrected chi connectivity index (χ2v) is 12.9. The Morgan fingerprint density at radius 3 is 2.74 bits per heavy atom. The van der Waals surface area contributed by atoms with Crippen molar-refractivity contribution in [1.82, 2.24) is 19.9 Å². The van der Waals surface area contributed by atoms with Gasteiger partial charge in [-0.05, 0) is 76.2 Å². The zero-order valence-corrected chi connectivity index (χ0v) is 25.8. The normalized spacial score (nSPS) is 18.3. The molecule has 2 atom stereocenters. The van der Waals surface area contributed by atoms with Gasteiger partial charge in [0.05, 0.1) is 48.3 Å². The summed E-state index contributed by atoms with van der Waals surface area (Å²) < 4.78 is 17.1. The first-order valence-corrected chi connectivity index (χ1v) is 15.0. The number of fused-ring (bicyclic) bond motifs is 3. The number of benzene rings is 1. The number of carbonyl (C=O) groups is 3. The number of H-pyrrole nitrogens is 2. The van der Waals surface area contributed by atoms with Crippen LogP contribution in [-0.4, -0.2) is 68.7 Å². The van der Waals surface area contributed by atoms with E-state index in [1.165, 1.54) is 16.7 Å². The molecule has 0 bridgehead atoms. The van der Waals surface area contributed by atoms with Crippen molar-refractivity contribution in [2.24, 2.45) is 10.9 Å². The van der Waals surface area contributed by atoms with Crippen LogP contribution in [0.2, 0.25) is 5.02 Å². The lowest BCUT2D eigenvalue weighted by Gasteiger charge is -2.38. The number of piperidine rings is 1. The van der Waals surface area contributed by atoms with Crippen molar-refractivity contribution in [1.29, 1.82) is 0 Å². The number of aromatic nitrogens is 3. The molecular formula is C30H30ClN5O6S. The lowest BCUT2D eigenvalue weighted by atomic mass is 9.75. The SMILES string of the molecule is CCOC(=O)c1[nH]cc2c1N=C1CN(C(=O)OC(C)(C)C)CC(=O)C1C2c1ccc(Sc2nc3c(C)cc(Cl)cc3[nH]2)o1. The van der Waals surface area contributed by atoms with Gasteiger partial charge in [0.2, 0.25) is 0 Å². The third-order valence-corrected chi connectivity index (χ3v) is 8.19. The van der Waals surface area contributed by atoms with Crippen molar-refractivity contribution < 1.29 is 28.3 Å². The quantitative estimate of drug-likeness (QED) is 0.242. The average molecular weight is 624 g/mol. The Balaban J connectivity index is 1.36. The fraction of sp³-hybridized carbons (Fsp3) is 0.367. The maximum Gasteiger partial charge on any atom is 0.411 e. The van der Waals surface area contributed by atoms with E-state index in [4.69, 9.17) is 30.5 Å². The molecule has 2 unspecified atom stereocenters. The van der Waals surface area contributed by atoms with Crippen LogP contribution in [0.1, 0.15) is 61.0 Å². The summed E-state index contributed by atoms with van der Waals surface area (Å²) in [6.07, 6.45) is 1.06. The number of imidazole rings is 1. The van der Waals surface area contributed by atoms with E-state index in [0.717, 1.165) is 16.6 Å². The van der Waals surface area contributed by atoms with Gasteiger partial charge in [0.15, 0.2) is 21.7 Å². The highest BCUT2D eigenvalue weighted by atomic mass is 35.5. The zero-order chi connectivity index (χ0) is 30.6. The molecule has 0 spiro atoms. The molecule has 5 heterocycles. The molecule has 1 fully saturated rings. The van der Waals surface area contributed by atoms with Crippen LogP contribution < -0.4 is 0 Å². The zero-order valence-electron chi connectivity index (χ0n) is 24.2. The van der Waals surface area contributed by atoms with Crippen molar-refractivity contribution in [3.05, 3.63) is 58.1 Å². The summed E-state index contributed by atoms with van der Waals surface area (Å²) in [5.74, 6) is -1.53. The number of esters is 1. The Hall–Kier alpha value is -4.03. The summed E-state index contributed by atoms with van der Waals surface area (Å²) in [6.45, 7) is 9.07. The summed E-state index contributed by atoms with van der Waals surface area (Å²) in [5.41, 5.74) is 3.47. The molecule has 11 nitrogen and oxygen atoms in total. The third kappa shape index (κ3) is 5.56. The van der Waals surface area contributed by atoms with Crippen LogP contribution >= 0.6 is 23.4 Å². The number of rotatable bonds is 5. The lowest BCUT2D eigenvalue weighted by Crippen LogP contribution is -2.53. The van der Waals surface area contributed by atoms with Crippen LogP contribution in [0.4, 0.5) is 10.5 Å². The number of ketones is 1. The Bertz CT molecular complexity index is 1800. The van der Waals surface area contributed by atoms with Gasteiger partial charge >= 0.3 is 12.1 Å². The number of aliphatic imine (C=N–C) groups is 1. The van der Waals surface area contributed by atoms with E-state index in [1.807, 2.05) is 31.2 Å². The second kappa shape index (κ2) is 10.9. The van der Waals surface area contributed by atoms with Crippen LogP contribution in [0.5, 0.6) is 0 Å². The number of likely N-dealkylation sites (tertiary alicyclic amines) is 1. The summed E-state index contributed by atoms with van der Waals surface area (Å²) in [4.78, 5) is 56.4. The second-order valence-electron chi connectivity index (χ2n) is 11.5. The minimum absolute atomic E-state index is 0.0674. The molecule has 4 aromatic rings. The first-order valence-electron chi connectivity index (χ1n) is 13.8. The number of ether oxygens (including phenoxy) is 2. The smallest absolute Gasteiger partial charge is 0.411 e. The van der Waals surface area contributed by atoms with Gasteiger partial charge in [-0.1, -0.05) is 11.6 Å². The predicted molar refractivity (Wildman–Crippen MR) is 161 cm³/mol. The van der Waals surface area contributed by atoms with Gasteiger partial charge < -0.3 is 23.9 Å². The minimum atomic E-state index is -0.730. The van der Waals surface area contributed by atoms with E-state index in [9.17, 15) is 14.4 Å². The van der Waals surface area contributed by atoms with E-state index < -0.39 is 29.5 Å². The molecule has 43 heavy (non-hydrogen) atoms. The highest BCUT2D eigenvalue weighted by Gasteiger charge is 2.47. The first kappa shape index (κ1) is 29.1. The standard InChI is InChI=1S/C30H30ClN5O6S/c1-6-40-27(38)26-25-16(11-32-26)22(23-18(33-25)12-36(13-19(23)37)29(39)42-30(3,4)5)20-7-8-21(41-20)43-28-34-17-10-15(31)9-14(2)24(17)35-28/h7-11,22-23,32H,6,12-13H2,1-5H3,(H,34,35). The van der Waals surface area contributed by atoms with Gasteiger partial charge in [-0.25, -0.2) is 14.6 Å². The molecular weight excluding hydrogens is 594 g/mol. The Kier molecular flexibility index (Phi) is 7.37. The number of aryl methyl sites for hydroxylation is 1. The summed E-state index contributed by atoms with van der Waals surface area (Å²) >= 11 is 7.52. The number of furan rings is 1. The predicted octanol–water partition coefficient (Wildman–Crippen LogP) is 6.43. The molecule has 13 heteroatoms. The molecule has 0 aliphatic carbocycles. The van der Waals surface area contributed by atoms with Gasteiger partial charge in [-0.15, -0.1) is 0 Å². The number of amides is 1.